The standard InChI is InChI=1S/C12H16ClNO5S/c13-12-2-1-11(5-9(12)7-15)20(16,17)14-6-10-8-18-3-4-19-10/h1-2,5,10,14-15H,3-4,6-8H2. The molecule has 0 bridgehead atoms. The number of rotatable bonds is 5. The molecule has 1 aliphatic rings. The maximum atomic E-state index is 12.1. The zero-order valence-corrected chi connectivity index (χ0v) is 12.3. The second kappa shape index (κ2) is 6.84. The van der Waals surface area contributed by atoms with E-state index in [0.29, 0.717) is 30.4 Å². The fourth-order valence-electron chi connectivity index (χ4n) is 1.78. The highest BCUT2D eigenvalue weighted by Crippen LogP contribution is 2.20. The molecule has 20 heavy (non-hydrogen) atoms. The Morgan fingerprint density at radius 1 is 1.40 bits per heavy atom. The second-order valence-corrected chi connectivity index (χ2v) is 6.51. The molecule has 0 aromatic heterocycles. The van der Waals surface area contributed by atoms with Gasteiger partial charge in [0.2, 0.25) is 10.0 Å². The third-order valence-electron chi connectivity index (χ3n) is 2.88. The lowest BCUT2D eigenvalue weighted by molar-refractivity contribution is -0.0846. The van der Waals surface area contributed by atoms with E-state index in [-0.39, 0.29) is 24.2 Å². The average molecular weight is 322 g/mol. The van der Waals surface area contributed by atoms with Crippen molar-refractivity contribution >= 4 is 21.6 Å². The molecule has 0 amide bonds. The average Bonchev–Trinajstić information content (AvgIpc) is 2.46. The molecule has 1 saturated heterocycles. The molecule has 0 spiro atoms. The second-order valence-electron chi connectivity index (χ2n) is 4.33. The number of hydrogen-bond donors (Lipinski definition) is 2. The molecule has 6 nitrogen and oxygen atoms in total. The van der Waals surface area contributed by atoms with Gasteiger partial charge in [0.1, 0.15) is 0 Å². The minimum absolute atomic E-state index is 0.0580. The van der Waals surface area contributed by atoms with Crippen molar-refractivity contribution < 1.29 is 23.0 Å². The molecule has 0 aliphatic carbocycles. The van der Waals surface area contributed by atoms with Crippen LogP contribution in [0.3, 0.4) is 0 Å². The van der Waals surface area contributed by atoms with Crippen LogP contribution in [0.15, 0.2) is 23.1 Å². The lowest BCUT2D eigenvalue weighted by Gasteiger charge is -2.23. The Bertz CT molecular complexity index is 557. The van der Waals surface area contributed by atoms with Crippen molar-refractivity contribution in [3.8, 4) is 0 Å². The van der Waals surface area contributed by atoms with Gasteiger partial charge in [-0.25, -0.2) is 13.1 Å². The molecule has 1 atom stereocenters. The monoisotopic (exact) mass is 321 g/mol. The molecule has 1 unspecified atom stereocenters. The maximum Gasteiger partial charge on any atom is 0.240 e. The van der Waals surface area contributed by atoms with E-state index < -0.39 is 10.0 Å². The minimum atomic E-state index is -3.66. The van der Waals surface area contributed by atoms with Crippen LogP contribution in [-0.2, 0) is 26.1 Å². The SMILES string of the molecule is O=S(=O)(NCC1COCCO1)c1ccc(Cl)c(CO)c1. The van der Waals surface area contributed by atoms with Crippen LogP contribution < -0.4 is 4.72 Å². The van der Waals surface area contributed by atoms with Crippen LogP contribution in [0.2, 0.25) is 5.02 Å². The molecule has 2 N–H and O–H groups in total. The van der Waals surface area contributed by atoms with Crippen LogP contribution in [-0.4, -0.2) is 46.0 Å². The summed E-state index contributed by atoms with van der Waals surface area (Å²) in [6.45, 7) is 1.18. The summed E-state index contributed by atoms with van der Waals surface area (Å²) in [6, 6.07) is 4.19. The fourth-order valence-corrected chi connectivity index (χ4v) is 3.07. The molecule has 0 radical (unpaired) electrons. The van der Waals surface area contributed by atoms with Gasteiger partial charge in [0, 0.05) is 11.6 Å². The van der Waals surface area contributed by atoms with E-state index in [4.69, 9.17) is 26.2 Å². The highest BCUT2D eigenvalue weighted by molar-refractivity contribution is 7.89. The van der Waals surface area contributed by atoms with Crippen LogP contribution in [0, 0.1) is 0 Å². The summed E-state index contributed by atoms with van der Waals surface area (Å²) in [4.78, 5) is 0.0580. The van der Waals surface area contributed by atoms with Crippen molar-refractivity contribution in [1.82, 2.24) is 4.72 Å². The molecule has 1 aliphatic heterocycles. The number of hydrogen-bond acceptors (Lipinski definition) is 5. The summed E-state index contributed by atoms with van der Waals surface area (Å²) in [6.07, 6.45) is -0.289. The van der Waals surface area contributed by atoms with Crippen LogP contribution in [0.5, 0.6) is 0 Å². The van der Waals surface area contributed by atoms with Gasteiger partial charge in [0.15, 0.2) is 0 Å². The predicted octanol–water partition coefficient (Wildman–Crippen LogP) is 0.526. The quantitative estimate of drug-likeness (QED) is 0.826. The Kier molecular flexibility index (Phi) is 5.36. The van der Waals surface area contributed by atoms with Gasteiger partial charge in [-0.2, -0.15) is 0 Å². The van der Waals surface area contributed by atoms with E-state index in [2.05, 4.69) is 4.72 Å². The molecule has 0 saturated carbocycles. The third-order valence-corrected chi connectivity index (χ3v) is 4.67. The smallest absolute Gasteiger partial charge is 0.240 e. The first-order valence-electron chi connectivity index (χ1n) is 6.11. The van der Waals surface area contributed by atoms with E-state index in [1.807, 2.05) is 0 Å². The summed E-state index contributed by atoms with van der Waals surface area (Å²) in [7, 11) is -3.66. The first-order valence-corrected chi connectivity index (χ1v) is 7.97. The van der Waals surface area contributed by atoms with Crippen molar-refractivity contribution in [2.75, 3.05) is 26.4 Å². The van der Waals surface area contributed by atoms with Gasteiger partial charge >= 0.3 is 0 Å². The fraction of sp³-hybridized carbons (Fsp3) is 0.500. The summed E-state index contributed by atoms with van der Waals surface area (Å²) >= 11 is 5.83. The Morgan fingerprint density at radius 2 is 2.20 bits per heavy atom. The Labute approximate surface area is 122 Å². The predicted molar refractivity (Wildman–Crippen MR) is 73.1 cm³/mol. The van der Waals surface area contributed by atoms with Gasteiger partial charge in [0.25, 0.3) is 0 Å². The summed E-state index contributed by atoms with van der Waals surface area (Å²) in [5, 5.41) is 9.44. The molecule has 112 valence electrons. The zero-order chi connectivity index (χ0) is 14.6. The Hall–Kier alpha value is -0.700. The topological polar surface area (TPSA) is 84.9 Å². The summed E-state index contributed by atoms with van der Waals surface area (Å²) in [5.41, 5.74) is 0.367. The van der Waals surface area contributed by atoms with Crippen molar-refractivity contribution in [2.45, 2.75) is 17.6 Å². The van der Waals surface area contributed by atoms with E-state index in [1.54, 1.807) is 0 Å². The Morgan fingerprint density at radius 3 is 2.85 bits per heavy atom. The lowest BCUT2D eigenvalue weighted by atomic mass is 10.2. The lowest BCUT2D eigenvalue weighted by Crippen LogP contribution is -2.39. The van der Waals surface area contributed by atoms with Gasteiger partial charge < -0.3 is 14.6 Å². The number of ether oxygens (including phenoxy) is 2. The van der Waals surface area contributed by atoms with Crippen molar-refractivity contribution in [1.29, 1.82) is 0 Å². The first kappa shape index (κ1) is 15.7. The number of nitrogens with one attached hydrogen (secondary N) is 1. The van der Waals surface area contributed by atoms with Gasteiger partial charge in [-0.3, -0.25) is 0 Å². The van der Waals surface area contributed by atoms with E-state index in [0.717, 1.165) is 0 Å². The highest BCUT2D eigenvalue weighted by Gasteiger charge is 2.20. The summed E-state index contributed by atoms with van der Waals surface area (Å²) < 4.78 is 37.3. The van der Waals surface area contributed by atoms with Gasteiger partial charge in [-0.05, 0) is 23.8 Å². The first-order chi connectivity index (χ1) is 9.53. The van der Waals surface area contributed by atoms with Crippen LogP contribution in [0.4, 0.5) is 0 Å². The molecular weight excluding hydrogens is 306 g/mol. The van der Waals surface area contributed by atoms with E-state index in [1.165, 1.54) is 18.2 Å². The van der Waals surface area contributed by atoms with Crippen LogP contribution in [0.25, 0.3) is 0 Å². The molecule has 2 rings (SSSR count). The van der Waals surface area contributed by atoms with E-state index in [9.17, 15) is 8.42 Å². The maximum absolute atomic E-state index is 12.1. The summed E-state index contributed by atoms with van der Waals surface area (Å²) in [5.74, 6) is 0. The number of halogens is 1. The number of aliphatic hydroxyl groups excluding tert-OH is 1. The molecule has 1 aromatic rings. The molecule has 1 fully saturated rings. The van der Waals surface area contributed by atoms with Crippen LogP contribution >= 0.6 is 11.6 Å². The molecule has 8 heteroatoms. The molecule has 1 heterocycles. The van der Waals surface area contributed by atoms with Gasteiger partial charge in [-0.1, -0.05) is 11.6 Å². The normalized spacial score (nSPS) is 20.0. The van der Waals surface area contributed by atoms with Crippen LogP contribution in [0.1, 0.15) is 5.56 Å². The van der Waals surface area contributed by atoms with E-state index >= 15 is 0 Å². The van der Waals surface area contributed by atoms with Crippen molar-refractivity contribution in [3.05, 3.63) is 28.8 Å². The van der Waals surface area contributed by atoms with Gasteiger partial charge in [-0.15, -0.1) is 0 Å². The Balaban J connectivity index is 2.05. The number of sulfonamides is 1. The number of aliphatic hydroxyl groups is 1. The molecular formula is C12H16ClNO5S. The third kappa shape index (κ3) is 3.91. The van der Waals surface area contributed by atoms with Crippen molar-refractivity contribution in [3.63, 3.8) is 0 Å². The number of benzene rings is 1. The largest absolute Gasteiger partial charge is 0.392 e. The zero-order valence-electron chi connectivity index (χ0n) is 10.7. The highest BCUT2D eigenvalue weighted by atomic mass is 35.5. The van der Waals surface area contributed by atoms with Gasteiger partial charge in [0.05, 0.1) is 37.4 Å². The minimum Gasteiger partial charge on any atom is -0.392 e. The molecule has 1 aromatic carbocycles. The van der Waals surface area contributed by atoms with Crippen molar-refractivity contribution in [2.24, 2.45) is 0 Å².